The van der Waals surface area contributed by atoms with Gasteiger partial charge in [-0.1, -0.05) is 0 Å². The smallest absolute Gasteiger partial charge is 0.272 e. The summed E-state index contributed by atoms with van der Waals surface area (Å²) in [6.45, 7) is 1.96. The van der Waals surface area contributed by atoms with Gasteiger partial charge in [-0.2, -0.15) is 0 Å². The quantitative estimate of drug-likeness (QED) is 0.663. The van der Waals surface area contributed by atoms with E-state index in [4.69, 9.17) is 0 Å². The van der Waals surface area contributed by atoms with Crippen molar-refractivity contribution in [2.75, 3.05) is 25.5 Å². The van der Waals surface area contributed by atoms with E-state index < -0.39 is 10.7 Å². The first-order valence-electron chi connectivity index (χ1n) is 5.95. The van der Waals surface area contributed by atoms with Crippen molar-refractivity contribution in [3.8, 4) is 0 Å². The highest BCUT2D eigenvalue weighted by Gasteiger charge is 2.18. The van der Waals surface area contributed by atoms with Crippen LogP contribution in [-0.4, -0.2) is 36.0 Å². The average molecular weight is 253 g/mol. The number of nitrogens with one attached hydrogen (secondary N) is 1. The largest absolute Gasteiger partial charge is 0.380 e. The zero-order valence-corrected chi connectivity index (χ0v) is 10.2. The fraction of sp³-hybridized carbons (Fsp3) is 0.500. The van der Waals surface area contributed by atoms with Crippen LogP contribution >= 0.6 is 0 Å². The second-order valence-electron chi connectivity index (χ2n) is 4.64. The number of rotatable bonds is 3. The molecule has 0 aliphatic carbocycles. The van der Waals surface area contributed by atoms with Crippen LogP contribution in [0, 0.1) is 15.9 Å². The van der Waals surface area contributed by atoms with Gasteiger partial charge in [0, 0.05) is 12.1 Å². The molecule has 1 aliphatic heterocycles. The zero-order chi connectivity index (χ0) is 13.1. The number of likely N-dealkylation sites (tertiary alicyclic amines) is 1. The monoisotopic (exact) mass is 253 g/mol. The lowest BCUT2D eigenvalue weighted by atomic mass is 10.1. The third-order valence-electron chi connectivity index (χ3n) is 3.24. The summed E-state index contributed by atoms with van der Waals surface area (Å²) in [6, 6.07) is 3.95. The van der Waals surface area contributed by atoms with E-state index in [-0.39, 0.29) is 11.7 Å². The Morgan fingerprint density at radius 2 is 2.11 bits per heavy atom. The molecule has 0 saturated carbocycles. The van der Waals surface area contributed by atoms with Gasteiger partial charge in [-0.05, 0) is 39.0 Å². The van der Waals surface area contributed by atoms with Gasteiger partial charge in [0.2, 0.25) is 0 Å². The second-order valence-corrected chi connectivity index (χ2v) is 4.64. The summed E-state index contributed by atoms with van der Waals surface area (Å²) in [4.78, 5) is 12.1. The number of halogens is 1. The number of nitrogens with zero attached hydrogens (tertiary/aromatic N) is 2. The molecule has 1 heterocycles. The van der Waals surface area contributed by atoms with E-state index in [0.29, 0.717) is 5.69 Å². The van der Waals surface area contributed by atoms with E-state index in [1.807, 2.05) is 0 Å². The molecule has 0 amide bonds. The lowest BCUT2D eigenvalue weighted by molar-refractivity contribution is -0.385. The van der Waals surface area contributed by atoms with Gasteiger partial charge in [0.25, 0.3) is 5.69 Å². The highest BCUT2D eigenvalue weighted by molar-refractivity contribution is 5.50. The molecular formula is C12H16FN3O2. The van der Waals surface area contributed by atoms with Gasteiger partial charge in [-0.3, -0.25) is 10.1 Å². The van der Waals surface area contributed by atoms with Gasteiger partial charge in [-0.25, -0.2) is 4.39 Å². The number of piperidine rings is 1. The molecule has 0 atom stereocenters. The first-order valence-corrected chi connectivity index (χ1v) is 5.95. The molecule has 1 N–H and O–H groups in total. The van der Waals surface area contributed by atoms with E-state index >= 15 is 0 Å². The van der Waals surface area contributed by atoms with Crippen molar-refractivity contribution in [1.29, 1.82) is 0 Å². The van der Waals surface area contributed by atoms with E-state index in [2.05, 4.69) is 17.3 Å². The van der Waals surface area contributed by atoms with Crippen LogP contribution in [0.2, 0.25) is 0 Å². The molecule has 1 saturated heterocycles. The van der Waals surface area contributed by atoms with Gasteiger partial charge in [-0.15, -0.1) is 0 Å². The van der Waals surface area contributed by atoms with Gasteiger partial charge >= 0.3 is 0 Å². The van der Waals surface area contributed by atoms with Crippen LogP contribution in [0.15, 0.2) is 18.2 Å². The SMILES string of the molecule is CN1CCC(Nc2ccc([N+](=O)[O-])cc2F)CC1. The topological polar surface area (TPSA) is 58.4 Å². The molecule has 1 aliphatic rings. The number of anilines is 1. The minimum absolute atomic E-state index is 0.221. The van der Waals surface area contributed by atoms with Crippen LogP contribution in [0.1, 0.15) is 12.8 Å². The van der Waals surface area contributed by atoms with Crippen molar-refractivity contribution >= 4 is 11.4 Å². The number of hydrogen-bond acceptors (Lipinski definition) is 4. The third kappa shape index (κ3) is 2.95. The number of nitro groups is 1. The Kier molecular flexibility index (Phi) is 3.76. The van der Waals surface area contributed by atoms with Gasteiger partial charge < -0.3 is 10.2 Å². The standard InChI is InChI=1S/C12H16FN3O2/c1-15-6-4-9(5-7-15)14-12-3-2-10(16(17)18)8-11(12)13/h2-3,8-9,14H,4-7H2,1H3. The summed E-state index contributed by atoms with van der Waals surface area (Å²) < 4.78 is 13.7. The zero-order valence-electron chi connectivity index (χ0n) is 10.2. The molecule has 0 bridgehead atoms. The molecular weight excluding hydrogens is 237 g/mol. The van der Waals surface area contributed by atoms with Crippen molar-refractivity contribution in [3.05, 3.63) is 34.1 Å². The van der Waals surface area contributed by atoms with Crippen molar-refractivity contribution in [1.82, 2.24) is 4.90 Å². The summed E-state index contributed by atoms with van der Waals surface area (Å²) in [5, 5.41) is 13.6. The van der Waals surface area contributed by atoms with Crippen LogP contribution in [0.4, 0.5) is 15.8 Å². The van der Waals surface area contributed by atoms with Crippen molar-refractivity contribution in [2.24, 2.45) is 0 Å². The summed E-state index contributed by atoms with van der Waals surface area (Å²) in [5.41, 5.74) is 0.122. The fourth-order valence-corrected chi connectivity index (χ4v) is 2.11. The first-order chi connectivity index (χ1) is 8.56. The Bertz CT molecular complexity index is 445. The van der Waals surface area contributed by atoms with E-state index in [1.54, 1.807) is 0 Å². The predicted molar refractivity (Wildman–Crippen MR) is 67.2 cm³/mol. The first kappa shape index (κ1) is 12.8. The maximum Gasteiger partial charge on any atom is 0.272 e. The van der Waals surface area contributed by atoms with Gasteiger partial charge in [0.05, 0.1) is 16.7 Å². The third-order valence-corrected chi connectivity index (χ3v) is 3.24. The highest BCUT2D eigenvalue weighted by atomic mass is 19.1. The molecule has 5 nitrogen and oxygen atoms in total. The average Bonchev–Trinajstić information content (AvgIpc) is 2.34. The summed E-state index contributed by atoms with van der Waals surface area (Å²) in [7, 11) is 2.06. The van der Waals surface area contributed by atoms with Crippen LogP contribution in [-0.2, 0) is 0 Å². The number of hydrogen-bond donors (Lipinski definition) is 1. The maximum atomic E-state index is 13.7. The van der Waals surface area contributed by atoms with Crippen molar-refractivity contribution < 1.29 is 9.31 Å². The van der Waals surface area contributed by atoms with E-state index in [9.17, 15) is 14.5 Å². The van der Waals surface area contributed by atoms with Gasteiger partial charge in [0.1, 0.15) is 0 Å². The molecule has 98 valence electrons. The Labute approximate surface area is 105 Å². The fourth-order valence-electron chi connectivity index (χ4n) is 2.11. The van der Waals surface area contributed by atoms with Crippen LogP contribution in [0.25, 0.3) is 0 Å². The Morgan fingerprint density at radius 1 is 1.44 bits per heavy atom. The highest BCUT2D eigenvalue weighted by Crippen LogP contribution is 2.23. The summed E-state index contributed by atoms with van der Waals surface area (Å²) in [5.74, 6) is -0.567. The predicted octanol–water partition coefficient (Wildman–Crippen LogP) is 2.24. The molecule has 0 unspecified atom stereocenters. The lowest BCUT2D eigenvalue weighted by Crippen LogP contribution is -2.36. The van der Waals surface area contributed by atoms with Crippen LogP contribution in [0.3, 0.4) is 0 Å². The Morgan fingerprint density at radius 3 is 2.67 bits per heavy atom. The molecule has 0 radical (unpaired) electrons. The van der Waals surface area contributed by atoms with E-state index in [0.717, 1.165) is 32.0 Å². The number of non-ortho nitro benzene ring substituents is 1. The molecule has 1 aromatic carbocycles. The maximum absolute atomic E-state index is 13.7. The lowest BCUT2D eigenvalue weighted by Gasteiger charge is -2.30. The minimum atomic E-state index is -0.595. The number of nitro benzene ring substituents is 1. The molecule has 1 aromatic rings. The minimum Gasteiger partial charge on any atom is -0.380 e. The molecule has 18 heavy (non-hydrogen) atoms. The summed E-state index contributed by atoms with van der Waals surface area (Å²) >= 11 is 0. The van der Waals surface area contributed by atoms with Crippen LogP contribution < -0.4 is 5.32 Å². The van der Waals surface area contributed by atoms with Gasteiger partial charge in [0.15, 0.2) is 5.82 Å². The normalized spacial score (nSPS) is 17.7. The molecule has 1 fully saturated rings. The summed E-state index contributed by atoms with van der Waals surface area (Å²) in [6.07, 6.45) is 1.90. The molecule has 0 aromatic heterocycles. The molecule has 6 heteroatoms. The van der Waals surface area contributed by atoms with Crippen LogP contribution in [0.5, 0.6) is 0 Å². The van der Waals surface area contributed by atoms with Crippen molar-refractivity contribution in [3.63, 3.8) is 0 Å². The molecule has 0 spiro atoms. The Balaban J connectivity index is 2.03. The van der Waals surface area contributed by atoms with E-state index in [1.165, 1.54) is 12.1 Å². The second kappa shape index (κ2) is 5.30. The van der Waals surface area contributed by atoms with Crippen molar-refractivity contribution in [2.45, 2.75) is 18.9 Å². The molecule has 2 rings (SSSR count). The number of benzene rings is 1. The Hall–Kier alpha value is -1.69.